The molecule has 0 saturated carbocycles. The minimum absolute atomic E-state index is 0.0195. The molecule has 0 fully saturated rings. The number of hydrogen-bond acceptors (Lipinski definition) is 5. The molecule has 2 N–H and O–H groups in total. The van der Waals surface area contributed by atoms with Crippen LogP contribution in [0.2, 0.25) is 0 Å². The number of methoxy groups -OCH3 is 1. The van der Waals surface area contributed by atoms with Crippen LogP contribution in [0.15, 0.2) is 24.3 Å². The van der Waals surface area contributed by atoms with Gasteiger partial charge in [-0.3, -0.25) is 4.79 Å². The molecule has 5 heteroatoms. The molecule has 0 spiro atoms. The Morgan fingerprint density at radius 2 is 2.05 bits per heavy atom. The van der Waals surface area contributed by atoms with Crippen LogP contribution in [0.4, 0.5) is 0 Å². The third-order valence-corrected chi connectivity index (χ3v) is 2.91. The average Bonchev–Trinajstić information content (AvgIpc) is 2.50. The summed E-state index contributed by atoms with van der Waals surface area (Å²) >= 11 is 0. The van der Waals surface area contributed by atoms with Crippen LogP contribution in [-0.4, -0.2) is 37.4 Å². The van der Waals surface area contributed by atoms with Crippen molar-refractivity contribution >= 4 is 5.97 Å². The van der Waals surface area contributed by atoms with Crippen LogP contribution >= 0.6 is 0 Å². The van der Waals surface area contributed by atoms with E-state index in [1.54, 1.807) is 12.1 Å². The van der Waals surface area contributed by atoms with Gasteiger partial charge in [0.05, 0.1) is 20.3 Å². The maximum absolute atomic E-state index is 11.6. The van der Waals surface area contributed by atoms with E-state index >= 15 is 0 Å². The van der Waals surface area contributed by atoms with Crippen molar-refractivity contribution in [3.05, 3.63) is 29.8 Å². The first-order valence-corrected chi connectivity index (χ1v) is 6.85. The summed E-state index contributed by atoms with van der Waals surface area (Å²) in [6, 6.07) is 6.89. The summed E-state index contributed by atoms with van der Waals surface area (Å²) in [5.41, 5.74) is 0.842. The number of rotatable bonds is 9. The summed E-state index contributed by atoms with van der Waals surface area (Å²) < 4.78 is 10.3. The van der Waals surface area contributed by atoms with Crippen LogP contribution in [0, 0.1) is 0 Å². The Labute approximate surface area is 119 Å². The highest BCUT2D eigenvalue weighted by Gasteiger charge is 2.17. The molecule has 5 nitrogen and oxygen atoms in total. The molecule has 0 aliphatic heterocycles. The highest BCUT2D eigenvalue weighted by atomic mass is 16.5. The average molecular weight is 281 g/mol. The monoisotopic (exact) mass is 281 g/mol. The minimum atomic E-state index is -0.336. The Hall–Kier alpha value is -1.59. The van der Waals surface area contributed by atoms with E-state index in [0.29, 0.717) is 13.0 Å². The highest BCUT2D eigenvalue weighted by molar-refractivity contribution is 5.75. The smallest absolute Gasteiger partial charge is 0.322 e. The molecule has 1 unspecified atom stereocenters. The highest BCUT2D eigenvalue weighted by Crippen LogP contribution is 2.12. The number of nitrogens with one attached hydrogen (secondary N) is 1. The van der Waals surface area contributed by atoms with E-state index in [2.05, 4.69) is 5.32 Å². The molecule has 1 rings (SSSR count). The van der Waals surface area contributed by atoms with Crippen LogP contribution in [0.5, 0.6) is 5.75 Å². The molecule has 0 heterocycles. The number of carbonyl (C=O) groups excluding carboxylic acids is 1. The lowest BCUT2D eigenvalue weighted by molar-refractivity contribution is -0.143. The maximum atomic E-state index is 11.6. The topological polar surface area (TPSA) is 67.8 Å². The van der Waals surface area contributed by atoms with E-state index in [0.717, 1.165) is 24.3 Å². The summed E-state index contributed by atoms with van der Waals surface area (Å²) in [4.78, 5) is 11.6. The second kappa shape index (κ2) is 9.34. The molecule has 0 radical (unpaired) electrons. The lowest BCUT2D eigenvalue weighted by atomic mass is 10.2. The van der Waals surface area contributed by atoms with E-state index in [-0.39, 0.29) is 18.6 Å². The molecule has 0 saturated heterocycles. The van der Waals surface area contributed by atoms with Gasteiger partial charge < -0.3 is 19.9 Å². The standard InChI is InChI=1S/C15H23NO4/c1-3-9-16-14(15(18)19-2)8-10-20-13-6-4-12(11-17)5-7-13/h4-7,14,16-17H,3,8-11H2,1-2H3. The second-order valence-electron chi connectivity index (χ2n) is 4.47. The molecular formula is C15H23NO4. The molecule has 112 valence electrons. The third kappa shape index (κ3) is 5.59. The van der Waals surface area contributed by atoms with E-state index in [4.69, 9.17) is 14.6 Å². The maximum Gasteiger partial charge on any atom is 0.322 e. The predicted octanol–water partition coefficient (Wildman–Crippen LogP) is 1.49. The normalized spacial score (nSPS) is 11.9. The summed E-state index contributed by atoms with van der Waals surface area (Å²) in [5, 5.41) is 12.1. The molecule has 1 aromatic carbocycles. The summed E-state index contributed by atoms with van der Waals surface area (Å²) in [6.45, 7) is 3.26. The number of benzene rings is 1. The molecule has 0 aromatic heterocycles. The molecule has 0 aliphatic rings. The van der Waals surface area contributed by atoms with E-state index < -0.39 is 0 Å². The van der Waals surface area contributed by atoms with Gasteiger partial charge in [-0.25, -0.2) is 0 Å². The van der Waals surface area contributed by atoms with Gasteiger partial charge in [0.25, 0.3) is 0 Å². The molecule has 0 aliphatic carbocycles. The predicted molar refractivity (Wildman–Crippen MR) is 76.6 cm³/mol. The molecule has 1 atom stereocenters. The number of aliphatic hydroxyl groups is 1. The van der Waals surface area contributed by atoms with Crippen LogP contribution in [0.25, 0.3) is 0 Å². The Morgan fingerprint density at radius 1 is 1.35 bits per heavy atom. The van der Waals surface area contributed by atoms with Crippen molar-refractivity contribution in [3.63, 3.8) is 0 Å². The van der Waals surface area contributed by atoms with E-state index in [1.807, 2.05) is 19.1 Å². The number of carbonyl (C=O) groups is 1. The largest absolute Gasteiger partial charge is 0.494 e. The SMILES string of the molecule is CCCNC(CCOc1ccc(CO)cc1)C(=O)OC. The molecule has 0 amide bonds. The van der Waals surface area contributed by atoms with Gasteiger partial charge in [0, 0.05) is 6.42 Å². The fourth-order valence-corrected chi connectivity index (χ4v) is 1.75. The summed E-state index contributed by atoms with van der Waals surface area (Å²) in [6.07, 6.45) is 1.51. The molecular weight excluding hydrogens is 258 g/mol. The van der Waals surface area contributed by atoms with E-state index in [1.165, 1.54) is 7.11 Å². The van der Waals surface area contributed by atoms with Crippen molar-refractivity contribution in [2.45, 2.75) is 32.4 Å². The first-order valence-electron chi connectivity index (χ1n) is 6.85. The van der Waals surface area contributed by atoms with Gasteiger partial charge in [-0.05, 0) is 30.7 Å². The Balaban J connectivity index is 2.40. The van der Waals surface area contributed by atoms with Gasteiger partial charge in [-0.15, -0.1) is 0 Å². The van der Waals surface area contributed by atoms with Gasteiger partial charge in [0.2, 0.25) is 0 Å². The Morgan fingerprint density at radius 3 is 2.60 bits per heavy atom. The zero-order chi connectivity index (χ0) is 14.8. The Kier molecular flexibility index (Phi) is 7.69. The Bertz CT molecular complexity index is 391. The fourth-order valence-electron chi connectivity index (χ4n) is 1.75. The van der Waals surface area contributed by atoms with Crippen molar-refractivity contribution in [2.75, 3.05) is 20.3 Å². The second-order valence-corrected chi connectivity index (χ2v) is 4.47. The van der Waals surface area contributed by atoms with Crippen molar-refractivity contribution in [1.29, 1.82) is 0 Å². The molecule has 1 aromatic rings. The van der Waals surface area contributed by atoms with Crippen molar-refractivity contribution in [2.24, 2.45) is 0 Å². The van der Waals surface area contributed by atoms with Gasteiger partial charge in [0.1, 0.15) is 11.8 Å². The van der Waals surface area contributed by atoms with Crippen LogP contribution in [0.3, 0.4) is 0 Å². The number of hydrogen-bond donors (Lipinski definition) is 2. The number of aliphatic hydroxyl groups excluding tert-OH is 1. The van der Waals surface area contributed by atoms with E-state index in [9.17, 15) is 4.79 Å². The van der Waals surface area contributed by atoms with Crippen LogP contribution < -0.4 is 10.1 Å². The van der Waals surface area contributed by atoms with Gasteiger partial charge in [-0.2, -0.15) is 0 Å². The van der Waals surface area contributed by atoms with Gasteiger partial charge >= 0.3 is 5.97 Å². The van der Waals surface area contributed by atoms with Crippen molar-refractivity contribution in [1.82, 2.24) is 5.32 Å². The summed E-state index contributed by atoms with van der Waals surface area (Å²) in [7, 11) is 1.39. The zero-order valence-corrected chi connectivity index (χ0v) is 12.1. The van der Waals surface area contributed by atoms with Crippen molar-refractivity contribution < 1.29 is 19.4 Å². The van der Waals surface area contributed by atoms with Crippen molar-refractivity contribution in [3.8, 4) is 5.75 Å². The summed E-state index contributed by atoms with van der Waals surface area (Å²) in [5.74, 6) is 0.457. The lowest BCUT2D eigenvalue weighted by Gasteiger charge is -2.16. The zero-order valence-electron chi connectivity index (χ0n) is 12.1. The minimum Gasteiger partial charge on any atom is -0.494 e. The molecule has 20 heavy (non-hydrogen) atoms. The number of ether oxygens (including phenoxy) is 2. The van der Waals surface area contributed by atoms with Crippen LogP contribution in [0.1, 0.15) is 25.3 Å². The first-order chi connectivity index (χ1) is 9.71. The number of esters is 1. The lowest BCUT2D eigenvalue weighted by Crippen LogP contribution is -2.39. The van der Waals surface area contributed by atoms with Crippen LogP contribution in [-0.2, 0) is 16.1 Å². The third-order valence-electron chi connectivity index (χ3n) is 2.91. The van der Waals surface area contributed by atoms with Gasteiger partial charge in [0.15, 0.2) is 0 Å². The quantitative estimate of drug-likeness (QED) is 0.671. The first kappa shape index (κ1) is 16.5. The molecule has 0 bridgehead atoms. The van der Waals surface area contributed by atoms with Gasteiger partial charge in [-0.1, -0.05) is 19.1 Å². The fraction of sp³-hybridized carbons (Fsp3) is 0.533.